The highest BCUT2D eigenvalue weighted by Crippen LogP contribution is 2.30. The van der Waals surface area contributed by atoms with E-state index in [0.717, 1.165) is 0 Å². The molecule has 0 amide bonds. The van der Waals surface area contributed by atoms with Crippen LogP contribution in [0.5, 0.6) is 0 Å². The van der Waals surface area contributed by atoms with E-state index < -0.39 is 0 Å². The predicted molar refractivity (Wildman–Crippen MR) is 49.6 cm³/mol. The molecule has 4 heteroatoms. The largest absolute Gasteiger partial charge is 0.493 e. The first-order chi connectivity index (χ1) is 6.86. The maximum Gasteiger partial charge on any atom is 0.150 e. The minimum Gasteiger partial charge on any atom is -0.493 e. The first-order valence-corrected chi connectivity index (χ1v) is 4.62. The second kappa shape index (κ2) is 4.02. The van der Waals surface area contributed by atoms with Crippen molar-refractivity contribution >= 4 is 0 Å². The van der Waals surface area contributed by atoms with E-state index in [1.54, 1.807) is 0 Å². The van der Waals surface area contributed by atoms with Gasteiger partial charge in [0, 0.05) is 0 Å². The SMILES string of the molecule is C=CO[C@H]1CO[C@H]2[C@@H]1OC[C@H]2OC=C. The van der Waals surface area contributed by atoms with Gasteiger partial charge in [0.2, 0.25) is 0 Å². The normalized spacial score (nSPS) is 40.3. The van der Waals surface area contributed by atoms with Crippen LogP contribution in [-0.4, -0.2) is 37.6 Å². The lowest BCUT2D eigenvalue weighted by Gasteiger charge is -2.15. The minimum absolute atomic E-state index is 0.0436. The molecule has 0 N–H and O–H groups in total. The first-order valence-electron chi connectivity index (χ1n) is 4.62. The van der Waals surface area contributed by atoms with Crippen molar-refractivity contribution in [3.8, 4) is 0 Å². The molecule has 4 atom stereocenters. The van der Waals surface area contributed by atoms with Crippen LogP contribution in [0.25, 0.3) is 0 Å². The molecule has 2 saturated heterocycles. The van der Waals surface area contributed by atoms with Gasteiger partial charge in [-0.05, 0) is 0 Å². The summed E-state index contributed by atoms with van der Waals surface area (Å²) in [5, 5.41) is 0. The van der Waals surface area contributed by atoms with Crippen LogP contribution in [-0.2, 0) is 18.9 Å². The first kappa shape index (κ1) is 9.55. The zero-order valence-corrected chi connectivity index (χ0v) is 7.93. The highest BCUT2D eigenvalue weighted by Gasteiger charge is 2.49. The van der Waals surface area contributed by atoms with Crippen molar-refractivity contribution in [2.45, 2.75) is 24.4 Å². The Hall–Kier alpha value is -1.00. The van der Waals surface area contributed by atoms with Gasteiger partial charge in [-0.1, -0.05) is 13.2 Å². The molecule has 2 heterocycles. The van der Waals surface area contributed by atoms with Gasteiger partial charge in [0.05, 0.1) is 25.7 Å². The Morgan fingerprint density at radius 2 is 1.36 bits per heavy atom. The molecule has 2 rings (SSSR count). The molecule has 0 aromatic carbocycles. The molecule has 0 aromatic heterocycles. The van der Waals surface area contributed by atoms with Crippen LogP contribution in [0.3, 0.4) is 0 Å². The Kier molecular flexibility index (Phi) is 2.74. The Balaban J connectivity index is 1.96. The van der Waals surface area contributed by atoms with E-state index in [-0.39, 0.29) is 24.4 Å². The number of rotatable bonds is 4. The lowest BCUT2D eigenvalue weighted by molar-refractivity contribution is -0.00737. The third-order valence-electron chi connectivity index (χ3n) is 2.50. The molecular weight excluding hydrogens is 184 g/mol. The van der Waals surface area contributed by atoms with Crippen LogP contribution < -0.4 is 0 Å². The van der Waals surface area contributed by atoms with Gasteiger partial charge in [-0.25, -0.2) is 0 Å². The molecule has 2 aliphatic rings. The molecule has 0 radical (unpaired) electrons. The Bertz CT molecular complexity index is 204. The fourth-order valence-corrected chi connectivity index (χ4v) is 1.91. The Morgan fingerprint density at radius 3 is 1.71 bits per heavy atom. The standard InChI is InChI=1S/C10H14O4/c1-3-11-7-5-13-10-8(12-4-2)6-14-9(7)10/h3-4,7-10H,1-2,5-6H2/t7-,8+,9-,10-/m1/s1. The summed E-state index contributed by atoms with van der Waals surface area (Å²) >= 11 is 0. The highest BCUT2D eigenvalue weighted by atomic mass is 16.6. The van der Waals surface area contributed by atoms with Crippen LogP contribution >= 0.6 is 0 Å². The molecule has 0 aliphatic carbocycles. The van der Waals surface area contributed by atoms with Crippen molar-refractivity contribution in [3.63, 3.8) is 0 Å². The van der Waals surface area contributed by atoms with E-state index in [2.05, 4.69) is 13.2 Å². The summed E-state index contributed by atoms with van der Waals surface area (Å²) in [6, 6.07) is 0. The van der Waals surface area contributed by atoms with Gasteiger partial charge in [-0.15, -0.1) is 0 Å². The second-order valence-corrected chi connectivity index (χ2v) is 3.28. The zero-order valence-electron chi connectivity index (χ0n) is 7.93. The summed E-state index contributed by atoms with van der Waals surface area (Å²) in [6.07, 6.45) is 2.63. The van der Waals surface area contributed by atoms with Crippen molar-refractivity contribution in [1.82, 2.24) is 0 Å². The maximum absolute atomic E-state index is 5.54. The molecule has 0 saturated carbocycles. The summed E-state index contributed by atoms with van der Waals surface area (Å²) in [6.45, 7) is 8.08. The zero-order chi connectivity index (χ0) is 9.97. The van der Waals surface area contributed by atoms with Gasteiger partial charge in [0.15, 0.2) is 0 Å². The molecule has 0 unspecified atom stereocenters. The Morgan fingerprint density at radius 1 is 0.929 bits per heavy atom. The average Bonchev–Trinajstić information content (AvgIpc) is 2.72. The number of fused-ring (bicyclic) bond motifs is 1. The van der Waals surface area contributed by atoms with E-state index in [4.69, 9.17) is 18.9 Å². The van der Waals surface area contributed by atoms with E-state index in [1.165, 1.54) is 12.5 Å². The summed E-state index contributed by atoms with van der Waals surface area (Å²) in [5.41, 5.74) is 0. The van der Waals surface area contributed by atoms with Crippen molar-refractivity contribution in [3.05, 3.63) is 25.7 Å². The summed E-state index contributed by atoms with van der Waals surface area (Å²) < 4.78 is 21.6. The molecule has 0 spiro atoms. The molecule has 78 valence electrons. The molecule has 14 heavy (non-hydrogen) atoms. The predicted octanol–water partition coefficient (Wildman–Crippen LogP) is 0.841. The second-order valence-electron chi connectivity index (χ2n) is 3.28. The van der Waals surface area contributed by atoms with Gasteiger partial charge < -0.3 is 18.9 Å². The van der Waals surface area contributed by atoms with Crippen LogP contribution in [0.1, 0.15) is 0 Å². The topological polar surface area (TPSA) is 36.9 Å². The molecule has 0 aromatic rings. The molecule has 2 aliphatic heterocycles. The van der Waals surface area contributed by atoms with Gasteiger partial charge >= 0.3 is 0 Å². The quantitative estimate of drug-likeness (QED) is 0.627. The van der Waals surface area contributed by atoms with Crippen LogP contribution in [0.2, 0.25) is 0 Å². The number of ether oxygens (including phenoxy) is 4. The van der Waals surface area contributed by atoms with Crippen molar-refractivity contribution in [2.75, 3.05) is 13.2 Å². The van der Waals surface area contributed by atoms with Gasteiger partial charge in [-0.2, -0.15) is 0 Å². The smallest absolute Gasteiger partial charge is 0.150 e. The average molecular weight is 198 g/mol. The molecule has 0 bridgehead atoms. The maximum atomic E-state index is 5.54. The van der Waals surface area contributed by atoms with E-state index >= 15 is 0 Å². The summed E-state index contributed by atoms with van der Waals surface area (Å²) in [7, 11) is 0. The van der Waals surface area contributed by atoms with Crippen molar-refractivity contribution < 1.29 is 18.9 Å². The van der Waals surface area contributed by atoms with Gasteiger partial charge in [-0.3, -0.25) is 0 Å². The van der Waals surface area contributed by atoms with Crippen molar-refractivity contribution in [1.29, 1.82) is 0 Å². The van der Waals surface area contributed by atoms with Gasteiger partial charge in [0.25, 0.3) is 0 Å². The lowest BCUT2D eigenvalue weighted by Crippen LogP contribution is -2.32. The van der Waals surface area contributed by atoms with Crippen molar-refractivity contribution in [2.24, 2.45) is 0 Å². The summed E-state index contributed by atoms with van der Waals surface area (Å²) in [4.78, 5) is 0. The van der Waals surface area contributed by atoms with E-state index in [1.807, 2.05) is 0 Å². The monoisotopic (exact) mass is 198 g/mol. The molecule has 2 fully saturated rings. The third kappa shape index (κ3) is 1.51. The molecular formula is C10H14O4. The van der Waals surface area contributed by atoms with Gasteiger partial charge in [0.1, 0.15) is 24.4 Å². The highest BCUT2D eigenvalue weighted by molar-refractivity contribution is 4.96. The fraction of sp³-hybridized carbons (Fsp3) is 0.600. The minimum atomic E-state index is -0.0593. The number of hydrogen-bond acceptors (Lipinski definition) is 4. The third-order valence-corrected chi connectivity index (χ3v) is 2.50. The fourth-order valence-electron chi connectivity index (χ4n) is 1.91. The van der Waals surface area contributed by atoms with E-state index in [9.17, 15) is 0 Å². The molecule has 4 nitrogen and oxygen atoms in total. The van der Waals surface area contributed by atoms with E-state index in [0.29, 0.717) is 13.2 Å². The lowest BCUT2D eigenvalue weighted by atomic mass is 10.1. The van der Waals surface area contributed by atoms with Crippen LogP contribution in [0, 0.1) is 0 Å². The number of hydrogen-bond donors (Lipinski definition) is 0. The summed E-state index contributed by atoms with van der Waals surface area (Å²) in [5.74, 6) is 0. The van der Waals surface area contributed by atoms with Crippen LogP contribution in [0.15, 0.2) is 25.7 Å². The van der Waals surface area contributed by atoms with Crippen LogP contribution in [0.4, 0.5) is 0 Å². The Labute approximate surface area is 83.1 Å².